The maximum atomic E-state index is 10.1. The summed E-state index contributed by atoms with van der Waals surface area (Å²) >= 11 is 19.4. The van der Waals surface area contributed by atoms with E-state index in [2.05, 4.69) is 16.2 Å². The van der Waals surface area contributed by atoms with E-state index in [0.29, 0.717) is 0 Å². The maximum absolute atomic E-state index is 10.1. The first kappa shape index (κ1) is 13.2. The Morgan fingerprint density at radius 3 is 1.67 bits per heavy atom. The van der Waals surface area contributed by atoms with Crippen LogP contribution in [0.4, 0.5) is 0 Å². The number of alkyl halides is 3. The van der Waals surface area contributed by atoms with Crippen molar-refractivity contribution in [2.24, 2.45) is 0 Å². The molecule has 0 atom stereocenters. The molecule has 9 heavy (non-hydrogen) atoms. The van der Waals surface area contributed by atoms with E-state index in [4.69, 9.17) is 34.8 Å². The molecule has 0 saturated heterocycles. The quantitative estimate of drug-likeness (QED) is 0.457. The molecule has 0 N–H and O–H groups in total. The zero-order valence-electron chi connectivity index (χ0n) is 3.33. The van der Waals surface area contributed by atoms with E-state index in [-0.39, 0.29) is 29.6 Å². The second-order valence-corrected chi connectivity index (χ2v) is 3.30. The number of carbonyl (C=O) groups excluding carboxylic acids is 1. The molecule has 50 valence electrons. The third-order valence-electron chi connectivity index (χ3n) is 0.302. The SMILES string of the molecule is O=C(OCl)C(Cl)(Cl)Cl.[NaH]. The zero-order chi connectivity index (χ0) is 6.78. The van der Waals surface area contributed by atoms with Crippen LogP contribution in [-0.2, 0) is 9.08 Å². The molecular weight excluding hydrogens is 221 g/mol. The minimum atomic E-state index is -2.07. The Morgan fingerprint density at radius 1 is 1.33 bits per heavy atom. The first-order chi connectivity index (χ1) is 3.48. The zero-order valence-corrected chi connectivity index (χ0v) is 6.35. The molecule has 0 fully saturated rings. The van der Waals surface area contributed by atoms with Crippen molar-refractivity contribution >= 4 is 82.2 Å². The first-order valence-corrected chi connectivity index (χ1v) is 2.82. The Hall–Kier alpha value is 1.63. The second-order valence-electron chi connectivity index (χ2n) is 0.862. The van der Waals surface area contributed by atoms with Crippen molar-refractivity contribution in [1.82, 2.24) is 0 Å². The van der Waals surface area contributed by atoms with Gasteiger partial charge in [-0.25, -0.2) is 4.79 Å². The molecule has 0 rings (SSSR count). The average molecular weight is 222 g/mol. The Balaban J connectivity index is 0. The van der Waals surface area contributed by atoms with Crippen molar-refractivity contribution in [3.05, 3.63) is 0 Å². The Kier molecular flexibility index (Phi) is 7.80. The Morgan fingerprint density at radius 2 is 1.67 bits per heavy atom. The van der Waals surface area contributed by atoms with Gasteiger partial charge in [-0.1, -0.05) is 34.8 Å². The molecular formula is C2HCl4NaO2. The molecule has 0 aliphatic carbocycles. The van der Waals surface area contributed by atoms with Crippen molar-refractivity contribution < 1.29 is 9.08 Å². The standard InChI is InChI=1S/C2Cl4O2.Na.H/c3-2(4,5)1(7)8-6;;. The van der Waals surface area contributed by atoms with Gasteiger partial charge < -0.3 is 4.29 Å². The molecule has 0 aromatic carbocycles. The minimum absolute atomic E-state index is 0. The van der Waals surface area contributed by atoms with Gasteiger partial charge in [-0.05, 0) is 0 Å². The molecule has 0 radical (unpaired) electrons. The summed E-state index contributed by atoms with van der Waals surface area (Å²) in [4.78, 5) is 10.1. The number of rotatable bonds is 0. The molecule has 7 heteroatoms. The van der Waals surface area contributed by atoms with Gasteiger partial charge in [0.1, 0.15) is 11.9 Å². The van der Waals surface area contributed by atoms with Gasteiger partial charge >= 0.3 is 35.5 Å². The average Bonchev–Trinajstić information content (AvgIpc) is 1.62. The van der Waals surface area contributed by atoms with Gasteiger partial charge in [0.05, 0.1) is 0 Å². The van der Waals surface area contributed by atoms with Crippen molar-refractivity contribution in [2.75, 3.05) is 0 Å². The van der Waals surface area contributed by atoms with E-state index in [1.807, 2.05) is 0 Å². The van der Waals surface area contributed by atoms with Crippen LogP contribution in [0.15, 0.2) is 0 Å². The molecule has 0 unspecified atom stereocenters. The molecule has 0 amide bonds. The van der Waals surface area contributed by atoms with Crippen LogP contribution in [0.1, 0.15) is 0 Å². The van der Waals surface area contributed by atoms with E-state index in [9.17, 15) is 4.79 Å². The summed E-state index contributed by atoms with van der Waals surface area (Å²) in [5.41, 5.74) is 0. The van der Waals surface area contributed by atoms with E-state index in [0.717, 1.165) is 0 Å². The van der Waals surface area contributed by atoms with Crippen LogP contribution in [0.2, 0.25) is 0 Å². The Bertz CT molecular complexity index is 99.2. The van der Waals surface area contributed by atoms with Crippen molar-refractivity contribution in [2.45, 2.75) is 3.79 Å². The number of carbonyl (C=O) groups is 1. The molecule has 0 aliphatic rings. The van der Waals surface area contributed by atoms with Crippen LogP contribution >= 0.6 is 46.7 Å². The fourth-order valence-electron chi connectivity index (χ4n) is 0.0437. The molecule has 0 bridgehead atoms. The van der Waals surface area contributed by atoms with Crippen LogP contribution in [0.25, 0.3) is 0 Å². The summed E-state index contributed by atoms with van der Waals surface area (Å²) in [5, 5.41) is 0. The second kappa shape index (κ2) is 5.30. The van der Waals surface area contributed by atoms with Gasteiger partial charge in [0, 0.05) is 0 Å². The molecule has 2 nitrogen and oxygen atoms in total. The van der Waals surface area contributed by atoms with Crippen LogP contribution in [0.3, 0.4) is 0 Å². The summed E-state index contributed by atoms with van der Waals surface area (Å²) in [6.45, 7) is 0. The van der Waals surface area contributed by atoms with E-state index in [1.54, 1.807) is 0 Å². The number of halogens is 4. The van der Waals surface area contributed by atoms with E-state index in [1.165, 1.54) is 0 Å². The van der Waals surface area contributed by atoms with Crippen molar-refractivity contribution in [3.8, 4) is 0 Å². The van der Waals surface area contributed by atoms with E-state index < -0.39 is 9.76 Å². The van der Waals surface area contributed by atoms with Crippen LogP contribution in [0, 0.1) is 0 Å². The van der Waals surface area contributed by atoms with Crippen LogP contribution in [0.5, 0.6) is 0 Å². The summed E-state index contributed by atoms with van der Waals surface area (Å²) in [6, 6.07) is 0. The third-order valence-corrected chi connectivity index (χ3v) is 0.905. The van der Waals surface area contributed by atoms with Crippen LogP contribution < -0.4 is 0 Å². The molecule has 0 saturated carbocycles. The number of hydrogen-bond donors (Lipinski definition) is 0. The van der Waals surface area contributed by atoms with Gasteiger partial charge in [-0.3, -0.25) is 0 Å². The van der Waals surface area contributed by atoms with Gasteiger partial charge in [0.2, 0.25) is 0 Å². The Labute approximate surface area is 94.2 Å². The predicted octanol–water partition coefficient (Wildman–Crippen LogP) is 1.41. The fraction of sp³-hybridized carbons (Fsp3) is 0.500. The van der Waals surface area contributed by atoms with Gasteiger partial charge in [0.25, 0.3) is 3.79 Å². The normalized spacial score (nSPS) is 9.78. The third kappa shape index (κ3) is 6.05. The first-order valence-electron chi connectivity index (χ1n) is 1.38. The summed E-state index contributed by atoms with van der Waals surface area (Å²) in [5.74, 6) is -1.11. The van der Waals surface area contributed by atoms with Gasteiger partial charge in [0.15, 0.2) is 0 Å². The summed E-state index contributed by atoms with van der Waals surface area (Å²) in [7, 11) is 0. The summed E-state index contributed by atoms with van der Waals surface area (Å²) < 4.78 is 1.48. The molecule has 0 spiro atoms. The fourth-order valence-corrected chi connectivity index (χ4v) is 0.394. The van der Waals surface area contributed by atoms with Crippen molar-refractivity contribution in [1.29, 1.82) is 0 Å². The molecule has 0 aromatic rings. The van der Waals surface area contributed by atoms with Gasteiger partial charge in [-0.15, -0.1) is 0 Å². The molecule has 0 aromatic heterocycles. The summed E-state index contributed by atoms with van der Waals surface area (Å²) in [6.07, 6.45) is 0. The molecule has 0 aliphatic heterocycles. The van der Waals surface area contributed by atoms with E-state index >= 15 is 0 Å². The van der Waals surface area contributed by atoms with Crippen LogP contribution in [-0.4, -0.2) is 39.3 Å². The number of hydrogen-bond acceptors (Lipinski definition) is 2. The van der Waals surface area contributed by atoms with Crippen molar-refractivity contribution in [3.63, 3.8) is 0 Å². The topological polar surface area (TPSA) is 26.3 Å². The van der Waals surface area contributed by atoms with Gasteiger partial charge in [-0.2, -0.15) is 0 Å². The predicted molar refractivity (Wildman–Crippen MR) is 39.4 cm³/mol. The monoisotopic (exact) mass is 220 g/mol. The molecule has 0 heterocycles.